The first-order valence-corrected chi connectivity index (χ1v) is 25.1. The number of sulfone groups is 2. The molecule has 2 aliphatic heterocycles. The van der Waals surface area contributed by atoms with Gasteiger partial charge in [-0.25, -0.2) is 33.7 Å². The molecule has 346 valence electrons. The molecule has 0 saturated heterocycles. The lowest BCUT2D eigenvalue weighted by molar-refractivity contribution is -0.145. The Hall–Kier alpha value is -5.53. The van der Waals surface area contributed by atoms with Crippen molar-refractivity contribution in [2.75, 3.05) is 35.2 Å². The highest BCUT2D eigenvalue weighted by molar-refractivity contribution is 8.00. The number of halogens is 6. The molecule has 4 heterocycles. The summed E-state index contributed by atoms with van der Waals surface area (Å²) in [5.41, 5.74) is -7.31. The number of rotatable bonds is 7. The number of anilines is 2. The second kappa shape index (κ2) is 16.8. The molecule has 0 spiro atoms. The van der Waals surface area contributed by atoms with E-state index >= 15 is 0 Å². The number of fused-ring (bicyclic) bond motifs is 2. The van der Waals surface area contributed by atoms with Crippen molar-refractivity contribution in [3.8, 4) is 0 Å². The molecule has 0 amide bonds. The summed E-state index contributed by atoms with van der Waals surface area (Å²) in [5.74, 6) is -3.80. The molecule has 0 bridgehead atoms. The molecule has 64 heavy (non-hydrogen) atoms. The van der Waals surface area contributed by atoms with E-state index in [1.807, 2.05) is 0 Å². The highest BCUT2D eigenvalue weighted by Crippen LogP contribution is 2.49. The molecule has 0 aliphatic carbocycles. The van der Waals surface area contributed by atoms with Crippen molar-refractivity contribution < 1.29 is 74.7 Å². The number of aromatic nitrogens is 2. The third kappa shape index (κ3) is 9.90. The van der Waals surface area contributed by atoms with Crippen LogP contribution >= 0.6 is 0 Å². The van der Waals surface area contributed by atoms with Crippen molar-refractivity contribution in [3.05, 3.63) is 118 Å². The summed E-state index contributed by atoms with van der Waals surface area (Å²) in [7, 11) is -15.3. The smallest absolute Gasteiger partial charge is 0.419 e. The minimum Gasteiger partial charge on any atom is -0.504 e. The largest absolute Gasteiger partial charge is 0.504 e. The van der Waals surface area contributed by atoms with Gasteiger partial charge in [0, 0.05) is 37.6 Å². The van der Waals surface area contributed by atoms with E-state index in [9.17, 15) is 69.9 Å². The molecule has 2 aromatic heterocycles. The van der Waals surface area contributed by atoms with Crippen LogP contribution in [0.4, 0.5) is 37.7 Å². The first-order valence-electron chi connectivity index (χ1n) is 18.1. The fourth-order valence-electron chi connectivity index (χ4n) is 6.45. The Labute approximate surface area is 364 Å². The van der Waals surface area contributed by atoms with Crippen LogP contribution in [0.15, 0.2) is 73.1 Å². The van der Waals surface area contributed by atoms with Crippen LogP contribution in [0.1, 0.15) is 65.5 Å². The Morgan fingerprint density at radius 3 is 1.45 bits per heavy atom. The van der Waals surface area contributed by atoms with Crippen LogP contribution in [-0.4, -0.2) is 81.3 Å². The Bertz CT molecular complexity index is 3090. The Kier molecular flexibility index (Phi) is 13.0. The zero-order valence-electron chi connectivity index (χ0n) is 34.6. The number of aliphatic hydroxyl groups excluding tert-OH is 1. The maximum Gasteiger partial charge on any atom is 0.419 e. The number of aliphatic hydroxyl groups is 1. The second-order valence-corrected chi connectivity index (χ2v) is 23.3. The maximum atomic E-state index is 14.4. The molecule has 0 atom stereocenters. The molecular weight excluding hydrogens is 943 g/mol. The van der Waals surface area contributed by atoms with Crippen LogP contribution in [0, 0.1) is 5.41 Å². The summed E-state index contributed by atoms with van der Waals surface area (Å²) in [6.45, 7) is 4.49. The van der Waals surface area contributed by atoms with Crippen LogP contribution < -0.4 is 8.61 Å². The highest BCUT2D eigenvalue weighted by Gasteiger charge is 2.46. The lowest BCUT2D eigenvalue weighted by atomic mass is 9.97. The Morgan fingerprint density at radius 2 is 1.05 bits per heavy atom. The van der Waals surface area contributed by atoms with Crippen molar-refractivity contribution in [2.24, 2.45) is 5.41 Å². The molecule has 2 aromatic carbocycles. The summed E-state index contributed by atoms with van der Waals surface area (Å²) in [6, 6.07) is 11.5. The predicted molar refractivity (Wildman–Crippen MR) is 225 cm³/mol. The summed E-state index contributed by atoms with van der Waals surface area (Å²) in [6.07, 6.45) is -6.29. The van der Waals surface area contributed by atoms with Gasteiger partial charge < -0.3 is 9.84 Å². The summed E-state index contributed by atoms with van der Waals surface area (Å²) >= 11 is 0. The molecule has 1 N–H and O–H groups in total. The molecule has 25 heteroatoms. The van der Waals surface area contributed by atoms with Crippen LogP contribution in [0.5, 0.6) is 0 Å². The second-order valence-electron chi connectivity index (χ2n) is 15.4. The van der Waals surface area contributed by atoms with E-state index in [0.29, 0.717) is 21.1 Å². The average molecular weight is 981 g/mol. The molecule has 2 aliphatic rings. The standard InChI is InChI=1S/C22H23F3N2O6S2.C17H15F3N2O5S2/c1-21(2,3)20(28)33-18-17-13(8-7-11-26-17)12-35(31,32)19(18)14-9-6-10-15(16(14)22(23,24)25)27(4)34(5,29)30;1-22(28(2,24)25)12-7-3-6-11(13(12)17(18,19)20)16-15(23)14-10(5-4-8-21-14)9-29(16,26)27/h6-11H,12H2,1-5H3;3-8,23H,9H2,1-2H3. The maximum absolute atomic E-state index is 14.4. The summed E-state index contributed by atoms with van der Waals surface area (Å²) in [5, 5.41) is 10.5. The first kappa shape index (κ1) is 49.5. The molecule has 0 unspecified atom stereocenters. The van der Waals surface area contributed by atoms with Crippen molar-refractivity contribution in [2.45, 2.75) is 44.6 Å². The first-order chi connectivity index (χ1) is 29.1. The number of benzene rings is 2. The number of hydrogen-bond donors (Lipinski definition) is 1. The van der Waals surface area contributed by atoms with Crippen LogP contribution in [-0.2, 0) is 73.1 Å². The molecule has 6 rings (SSSR count). The number of ether oxygens (including phenoxy) is 1. The fourth-order valence-corrected chi connectivity index (χ4v) is 10.9. The van der Waals surface area contributed by atoms with E-state index in [1.165, 1.54) is 57.4 Å². The monoisotopic (exact) mass is 980 g/mol. The van der Waals surface area contributed by atoms with Gasteiger partial charge in [-0.3, -0.25) is 23.4 Å². The number of carbonyl (C=O) groups excluding carboxylic acids is 1. The molecule has 15 nitrogen and oxygen atoms in total. The van der Waals surface area contributed by atoms with Gasteiger partial charge in [0.05, 0.1) is 51.9 Å². The van der Waals surface area contributed by atoms with Crippen molar-refractivity contribution in [3.63, 3.8) is 0 Å². The van der Waals surface area contributed by atoms with Crippen LogP contribution in [0.3, 0.4) is 0 Å². The number of esters is 1. The van der Waals surface area contributed by atoms with Gasteiger partial charge in [-0.2, -0.15) is 26.3 Å². The molecule has 0 radical (unpaired) electrons. The van der Waals surface area contributed by atoms with E-state index in [0.717, 1.165) is 50.5 Å². The molecule has 0 saturated carbocycles. The number of sulfonamides is 2. The van der Waals surface area contributed by atoms with E-state index in [1.54, 1.807) is 0 Å². The SMILES string of the molecule is CN(c1cccc(C2=C(O)c3ncccc3CS2(=O)=O)c1C(F)(F)F)S(C)(=O)=O.CN(c1cccc(C2=C(OC(=O)C(C)(C)C)c3ncccc3CS2(=O)=O)c1C(F)(F)F)S(C)(=O)=O. The molecular formula is C39H38F6N4O11S4. The van der Waals surface area contributed by atoms with Gasteiger partial charge in [0.2, 0.25) is 20.0 Å². The quantitative estimate of drug-likeness (QED) is 0.152. The summed E-state index contributed by atoms with van der Waals surface area (Å²) < 4.78 is 191. The van der Waals surface area contributed by atoms with Crippen molar-refractivity contribution in [1.29, 1.82) is 0 Å². The van der Waals surface area contributed by atoms with Gasteiger partial charge in [-0.1, -0.05) is 36.4 Å². The van der Waals surface area contributed by atoms with Gasteiger partial charge in [-0.15, -0.1) is 0 Å². The van der Waals surface area contributed by atoms with Gasteiger partial charge in [0.25, 0.3) is 0 Å². The fraction of sp³-hybridized carbons (Fsp3) is 0.308. The van der Waals surface area contributed by atoms with Crippen molar-refractivity contribution in [1.82, 2.24) is 9.97 Å². The lowest BCUT2D eigenvalue weighted by Gasteiger charge is -2.28. The van der Waals surface area contributed by atoms with E-state index < -0.39 is 130 Å². The minimum absolute atomic E-state index is 0.0927. The third-order valence-electron chi connectivity index (χ3n) is 9.58. The number of pyridine rings is 2. The van der Waals surface area contributed by atoms with Gasteiger partial charge in [-0.05, 0) is 56.2 Å². The molecule has 0 fully saturated rings. The average Bonchev–Trinajstić information content (AvgIpc) is 3.14. The van der Waals surface area contributed by atoms with Crippen LogP contribution in [0.25, 0.3) is 21.3 Å². The lowest BCUT2D eigenvalue weighted by Crippen LogP contribution is -2.29. The number of carbonyl (C=O) groups is 1. The topological polar surface area (TPSA) is 215 Å². The Balaban J connectivity index is 0.000000245. The number of hydrogen-bond acceptors (Lipinski definition) is 13. The van der Waals surface area contributed by atoms with Crippen LogP contribution in [0.2, 0.25) is 0 Å². The Morgan fingerprint density at radius 1 is 0.656 bits per heavy atom. The van der Waals surface area contributed by atoms with E-state index in [2.05, 4.69) is 9.97 Å². The van der Waals surface area contributed by atoms with E-state index in [4.69, 9.17) is 4.74 Å². The normalized spacial score (nSPS) is 16.2. The number of nitrogens with zero attached hydrogens (tertiary/aromatic N) is 4. The third-order valence-corrected chi connectivity index (χ3v) is 15.4. The van der Waals surface area contributed by atoms with Gasteiger partial charge >= 0.3 is 18.3 Å². The predicted octanol–water partition coefficient (Wildman–Crippen LogP) is 6.65. The minimum atomic E-state index is -5.17. The highest BCUT2D eigenvalue weighted by atomic mass is 32.2. The zero-order valence-corrected chi connectivity index (χ0v) is 37.8. The van der Waals surface area contributed by atoms with Crippen molar-refractivity contribution >= 4 is 78.4 Å². The molecule has 4 aromatic rings. The van der Waals surface area contributed by atoms with Gasteiger partial charge in [0.15, 0.2) is 31.2 Å². The van der Waals surface area contributed by atoms with Gasteiger partial charge in [0.1, 0.15) is 21.2 Å². The summed E-state index contributed by atoms with van der Waals surface area (Å²) in [4.78, 5) is 18.8. The van der Waals surface area contributed by atoms with E-state index in [-0.39, 0.29) is 22.5 Å². The number of alkyl halides is 6. The zero-order chi connectivity index (χ0) is 48.3.